The van der Waals surface area contributed by atoms with Crippen molar-refractivity contribution in [3.05, 3.63) is 74.8 Å². The quantitative estimate of drug-likeness (QED) is 0.153. The van der Waals surface area contributed by atoms with Gasteiger partial charge in [-0.25, -0.2) is 5.01 Å². The lowest BCUT2D eigenvalue weighted by molar-refractivity contribution is -0.384. The van der Waals surface area contributed by atoms with E-state index in [4.69, 9.17) is 11.6 Å². The molecule has 36 heavy (non-hydrogen) atoms. The molecule has 3 amide bonds. The molecule has 2 aliphatic carbocycles. The van der Waals surface area contributed by atoms with E-state index in [1.807, 2.05) is 0 Å². The second-order valence-electron chi connectivity index (χ2n) is 9.06. The number of fused-ring (bicyclic) bond motifs is 5. The molecule has 2 aromatic carbocycles. The van der Waals surface area contributed by atoms with Crippen molar-refractivity contribution in [2.24, 2.45) is 23.7 Å². The summed E-state index contributed by atoms with van der Waals surface area (Å²) in [5.74, 6) is -3.72. The van der Waals surface area contributed by atoms with Gasteiger partial charge in [-0.05, 0) is 42.5 Å². The van der Waals surface area contributed by atoms with E-state index in [0.29, 0.717) is 6.42 Å². The molecular formula is C24H18Br2ClN3O6. The average Bonchev–Trinajstić information content (AvgIpc) is 3.47. The molecule has 2 bridgehead atoms. The number of imide groups is 1. The third-order valence-electron chi connectivity index (χ3n) is 7.24. The number of nitro groups is 1. The van der Waals surface area contributed by atoms with Gasteiger partial charge in [-0.1, -0.05) is 55.6 Å². The zero-order valence-corrected chi connectivity index (χ0v) is 22.4. The van der Waals surface area contributed by atoms with E-state index in [1.54, 1.807) is 12.1 Å². The molecule has 2 aromatic rings. The van der Waals surface area contributed by atoms with Crippen molar-refractivity contribution in [1.29, 1.82) is 0 Å². The molecule has 12 heteroatoms. The highest BCUT2D eigenvalue weighted by atomic mass is 79.9. The van der Waals surface area contributed by atoms with Crippen molar-refractivity contribution in [1.82, 2.24) is 10.0 Å². The van der Waals surface area contributed by atoms with Crippen molar-refractivity contribution >= 4 is 72.7 Å². The smallest absolute Gasteiger partial charge is 0.274 e. The van der Waals surface area contributed by atoms with E-state index in [9.17, 15) is 29.3 Å². The Bertz CT molecular complexity index is 1270. The maximum Gasteiger partial charge on any atom is 0.274 e. The molecule has 0 aromatic heterocycles. The van der Waals surface area contributed by atoms with E-state index in [-0.39, 0.29) is 43.3 Å². The molecule has 186 valence electrons. The Balaban J connectivity index is 1.50. The van der Waals surface area contributed by atoms with Crippen LogP contribution < -0.4 is 0 Å². The average molecular weight is 640 g/mol. The predicted molar refractivity (Wildman–Crippen MR) is 136 cm³/mol. The number of nitrogens with zero attached hydrogens (tertiary/aromatic N) is 3. The SMILES string of the molecule is O=C(CN(C(=O)c1ccccc1Cl)N1C(=O)[C@@H]2[C@H]3C[C@@H]([C@@H](Br)[C@H]3Br)[C@H]2C1=O)c1ccc([N+](=O)[O-])cc1. The van der Waals surface area contributed by atoms with Gasteiger partial charge >= 0.3 is 0 Å². The zero-order chi connectivity index (χ0) is 25.9. The molecule has 1 aliphatic heterocycles. The van der Waals surface area contributed by atoms with Crippen LogP contribution in [-0.4, -0.2) is 54.6 Å². The predicted octanol–water partition coefficient (Wildman–Crippen LogP) is 4.27. The number of amides is 3. The second-order valence-corrected chi connectivity index (χ2v) is 11.6. The van der Waals surface area contributed by atoms with E-state index in [0.717, 1.165) is 10.0 Å². The summed E-state index contributed by atoms with van der Waals surface area (Å²) in [5, 5.41) is 12.7. The van der Waals surface area contributed by atoms with Crippen molar-refractivity contribution in [3.8, 4) is 0 Å². The fourth-order valence-electron chi connectivity index (χ4n) is 5.57. The fourth-order valence-corrected chi connectivity index (χ4v) is 7.66. The number of ketones is 1. The Morgan fingerprint density at radius 1 is 1.00 bits per heavy atom. The summed E-state index contributed by atoms with van der Waals surface area (Å²) >= 11 is 13.5. The maximum atomic E-state index is 13.6. The molecule has 9 nitrogen and oxygen atoms in total. The maximum absolute atomic E-state index is 13.6. The topological polar surface area (TPSA) is 118 Å². The van der Waals surface area contributed by atoms with Gasteiger partial charge in [-0.3, -0.25) is 29.3 Å². The Kier molecular flexibility index (Phi) is 6.50. The Morgan fingerprint density at radius 2 is 1.56 bits per heavy atom. The lowest BCUT2D eigenvalue weighted by Crippen LogP contribution is -2.52. The van der Waals surface area contributed by atoms with E-state index >= 15 is 0 Å². The normalized spacial score (nSPS) is 28.4. The molecule has 1 heterocycles. The molecule has 6 atom stereocenters. The molecule has 0 unspecified atom stereocenters. The van der Waals surface area contributed by atoms with Crippen molar-refractivity contribution in [2.45, 2.75) is 16.1 Å². The number of nitro benzene ring substituents is 1. The lowest BCUT2D eigenvalue weighted by atomic mass is 9.81. The first-order valence-electron chi connectivity index (χ1n) is 11.1. The highest BCUT2D eigenvalue weighted by Gasteiger charge is 2.67. The molecule has 3 fully saturated rings. The minimum atomic E-state index is -0.768. The van der Waals surface area contributed by atoms with Gasteiger partial charge in [0, 0.05) is 27.4 Å². The number of hydrogen-bond donors (Lipinski definition) is 0. The molecular weight excluding hydrogens is 622 g/mol. The van der Waals surface area contributed by atoms with Crippen molar-refractivity contribution in [3.63, 3.8) is 0 Å². The van der Waals surface area contributed by atoms with Crippen LogP contribution in [-0.2, 0) is 9.59 Å². The van der Waals surface area contributed by atoms with E-state index < -0.39 is 46.8 Å². The second kappa shape index (κ2) is 9.35. The van der Waals surface area contributed by atoms with Gasteiger partial charge in [-0.15, -0.1) is 0 Å². The number of benzene rings is 2. The van der Waals surface area contributed by atoms with Gasteiger partial charge in [0.15, 0.2) is 5.78 Å². The number of rotatable bonds is 6. The number of halogens is 3. The molecule has 0 N–H and O–H groups in total. The number of hydrazine groups is 1. The zero-order valence-electron chi connectivity index (χ0n) is 18.4. The summed E-state index contributed by atoms with van der Waals surface area (Å²) in [6.45, 7) is -0.621. The monoisotopic (exact) mass is 637 g/mol. The highest BCUT2D eigenvalue weighted by molar-refractivity contribution is 9.12. The summed E-state index contributed by atoms with van der Waals surface area (Å²) in [7, 11) is 0. The van der Waals surface area contributed by atoms with Crippen LogP contribution in [0.25, 0.3) is 0 Å². The summed E-state index contributed by atoms with van der Waals surface area (Å²) in [5.41, 5.74) is -0.0663. The summed E-state index contributed by atoms with van der Waals surface area (Å²) in [4.78, 5) is 64.3. The largest absolute Gasteiger partial charge is 0.292 e. The number of Topliss-reactive ketones (excluding diaryl/α,β-unsaturated/α-hetero) is 1. The summed E-state index contributed by atoms with van der Waals surface area (Å²) in [6.07, 6.45) is 0.715. The first-order chi connectivity index (χ1) is 17.1. The van der Waals surface area contributed by atoms with Crippen LogP contribution in [0.15, 0.2) is 48.5 Å². The minimum absolute atomic E-state index is 0.00918. The van der Waals surface area contributed by atoms with Gasteiger partial charge in [0.1, 0.15) is 6.54 Å². The van der Waals surface area contributed by atoms with Crippen LogP contribution in [0.2, 0.25) is 5.02 Å². The number of carbonyl (C=O) groups excluding carboxylic acids is 4. The van der Waals surface area contributed by atoms with Crippen LogP contribution in [0.4, 0.5) is 5.69 Å². The lowest BCUT2D eigenvalue weighted by Gasteiger charge is -2.31. The Labute approximate surface area is 227 Å². The van der Waals surface area contributed by atoms with E-state index in [1.165, 1.54) is 36.4 Å². The third kappa shape index (κ3) is 3.88. The first kappa shape index (κ1) is 25.0. The fraction of sp³-hybridized carbons (Fsp3) is 0.333. The van der Waals surface area contributed by atoms with Crippen LogP contribution >= 0.6 is 43.5 Å². The van der Waals surface area contributed by atoms with E-state index in [2.05, 4.69) is 31.9 Å². The Morgan fingerprint density at radius 3 is 2.08 bits per heavy atom. The standard InChI is InChI=1S/C24H18Br2ClN3O6/c25-20-14-9-15(21(20)26)19-18(14)23(33)29(24(19)34)28(22(32)13-3-1-2-4-16(13)27)10-17(31)11-5-7-12(8-6-11)30(35)36/h1-8,14-15,18-21H,9-10H2/t14-,15-,18-,19-,20-,21+/m1/s1. The van der Waals surface area contributed by atoms with Crippen LogP contribution in [0, 0.1) is 33.8 Å². The molecule has 1 saturated heterocycles. The summed E-state index contributed by atoms with van der Waals surface area (Å²) < 4.78 is 0. The highest BCUT2D eigenvalue weighted by Crippen LogP contribution is 2.60. The number of non-ortho nitro benzene ring substituents is 1. The van der Waals surface area contributed by atoms with Gasteiger partial charge in [0.25, 0.3) is 23.4 Å². The van der Waals surface area contributed by atoms with Crippen LogP contribution in [0.5, 0.6) is 0 Å². The Hall–Kier alpha value is -2.63. The van der Waals surface area contributed by atoms with Gasteiger partial charge in [0.05, 0.1) is 27.3 Å². The van der Waals surface area contributed by atoms with Gasteiger partial charge < -0.3 is 0 Å². The number of alkyl halides is 2. The van der Waals surface area contributed by atoms with Gasteiger partial charge in [0.2, 0.25) is 0 Å². The van der Waals surface area contributed by atoms with Gasteiger partial charge in [-0.2, -0.15) is 5.01 Å². The van der Waals surface area contributed by atoms with Crippen LogP contribution in [0.3, 0.4) is 0 Å². The minimum Gasteiger partial charge on any atom is -0.292 e. The first-order valence-corrected chi connectivity index (χ1v) is 13.3. The molecule has 5 rings (SSSR count). The molecule has 3 aliphatic rings. The molecule has 0 spiro atoms. The van der Waals surface area contributed by atoms with Crippen molar-refractivity contribution in [2.75, 3.05) is 6.54 Å². The molecule has 2 saturated carbocycles. The number of carbonyl (C=O) groups is 4. The molecule has 0 radical (unpaired) electrons. The number of hydrogen-bond acceptors (Lipinski definition) is 6. The summed E-state index contributed by atoms with van der Waals surface area (Å²) in [6, 6.07) is 11.1. The third-order valence-corrected chi connectivity index (χ3v) is 10.8. The van der Waals surface area contributed by atoms with Crippen LogP contribution in [0.1, 0.15) is 27.1 Å². The van der Waals surface area contributed by atoms with Crippen molar-refractivity contribution < 1.29 is 24.1 Å².